The molecular formula is C14H18N2O4S. The number of anilines is 1. The van der Waals surface area contributed by atoms with Crippen molar-refractivity contribution in [3.8, 4) is 0 Å². The number of piperidine rings is 1. The third kappa shape index (κ3) is 2.40. The van der Waals surface area contributed by atoms with Crippen LogP contribution in [0.1, 0.15) is 24.8 Å². The number of hydrogen-bond donors (Lipinski definition) is 1. The number of rotatable bonds is 3. The average molecular weight is 310 g/mol. The molecule has 114 valence electrons. The fourth-order valence-corrected chi connectivity index (χ4v) is 4.93. The summed E-state index contributed by atoms with van der Waals surface area (Å²) in [5, 5.41) is 9.39. The van der Waals surface area contributed by atoms with Crippen LogP contribution in [-0.4, -0.2) is 42.9 Å². The lowest BCUT2D eigenvalue weighted by Gasteiger charge is -2.33. The Bertz CT molecular complexity index is 653. The maximum Gasteiger partial charge on any atom is 0.327 e. The van der Waals surface area contributed by atoms with Gasteiger partial charge in [-0.2, -0.15) is 12.7 Å². The first-order chi connectivity index (χ1) is 10.0. The molecule has 0 saturated carbocycles. The summed E-state index contributed by atoms with van der Waals surface area (Å²) in [4.78, 5) is 11.5. The van der Waals surface area contributed by atoms with E-state index < -0.39 is 22.2 Å². The van der Waals surface area contributed by atoms with E-state index in [1.165, 1.54) is 4.31 Å². The van der Waals surface area contributed by atoms with Gasteiger partial charge < -0.3 is 5.11 Å². The van der Waals surface area contributed by atoms with Crippen molar-refractivity contribution in [2.24, 2.45) is 0 Å². The number of nitrogens with zero attached hydrogens (tertiary/aromatic N) is 2. The number of fused-ring (bicyclic) bond motifs is 1. The minimum Gasteiger partial charge on any atom is -0.480 e. The predicted molar refractivity (Wildman–Crippen MR) is 78.4 cm³/mol. The molecule has 1 aromatic rings. The number of para-hydroxylation sites is 1. The van der Waals surface area contributed by atoms with Gasteiger partial charge >= 0.3 is 16.2 Å². The van der Waals surface area contributed by atoms with E-state index in [2.05, 4.69) is 0 Å². The van der Waals surface area contributed by atoms with E-state index in [1.807, 2.05) is 0 Å². The molecule has 21 heavy (non-hydrogen) atoms. The lowest BCUT2D eigenvalue weighted by atomic mass is 10.1. The third-order valence-electron chi connectivity index (χ3n) is 4.10. The smallest absolute Gasteiger partial charge is 0.327 e. The summed E-state index contributed by atoms with van der Waals surface area (Å²) in [6.45, 7) is 0.931. The first-order valence-electron chi connectivity index (χ1n) is 7.12. The second-order valence-corrected chi connectivity index (χ2v) is 7.26. The van der Waals surface area contributed by atoms with Crippen molar-refractivity contribution in [3.05, 3.63) is 29.8 Å². The van der Waals surface area contributed by atoms with Gasteiger partial charge in [-0.05, 0) is 24.5 Å². The molecule has 1 atom stereocenters. The Morgan fingerprint density at radius 3 is 2.48 bits per heavy atom. The average Bonchev–Trinajstić information content (AvgIpc) is 2.88. The topological polar surface area (TPSA) is 77.9 Å². The summed E-state index contributed by atoms with van der Waals surface area (Å²) in [6, 6.07) is 5.96. The van der Waals surface area contributed by atoms with Crippen LogP contribution in [0.4, 0.5) is 5.69 Å². The molecule has 0 spiro atoms. The molecule has 0 aliphatic carbocycles. The second kappa shape index (κ2) is 5.31. The monoisotopic (exact) mass is 310 g/mol. The van der Waals surface area contributed by atoms with Gasteiger partial charge in [-0.3, -0.25) is 0 Å². The zero-order chi connectivity index (χ0) is 15.0. The fourth-order valence-electron chi connectivity index (χ4n) is 3.05. The van der Waals surface area contributed by atoms with Crippen LogP contribution >= 0.6 is 0 Å². The Morgan fingerprint density at radius 1 is 1.14 bits per heavy atom. The van der Waals surface area contributed by atoms with E-state index in [0.29, 0.717) is 18.8 Å². The number of aliphatic carboxylic acids is 1. The molecule has 2 aliphatic rings. The van der Waals surface area contributed by atoms with Crippen LogP contribution < -0.4 is 4.31 Å². The van der Waals surface area contributed by atoms with E-state index in [1.54, 1.807) is 24.3 Å². The minimum absolute atomic E-state index is 0.221. The molecule has 1 fully saturated rings. The highest BCUT2D eigenvalue weighted by Gasteiger charge is 2.44. The highest BCUT2D eigenvalue weighted by molar-refractivity contribution is 7.90. The Labute approximate surface area is 124 Å². The zero-order valence-corrected chi connectivity index (χ0v) is 12.4. The van der Waals surface area contributed by atoms with Crippen molar-refractivity contribution in [3.63, 3.8) is 0 Å². The van der Waals surface area contributed by atoms with Gasteiger partial charge in [-0.1, -0.05) is 24.6 Å². The van der Waals surface area contributed by atoms with Gasteiger partial charge in [0, 0.05) is 19.5 Å². The quantitative estimate of drug-likeness (QED) is 0.911. The van der Waals surface area contributed by atoms with Crippen molar-refractivity contribution in [2.75, 3.05) is 17.4 Å². The first-order valence-corrected chi connectivity index (χ1v) is 8.52. The van der Waals surface area contributed by atoms with Crippen LogP contribution in [-0.2, 0) is 21.4 Å². The highest BCUT2D eigenvalue weighted by Crippen LogP contribution is 2.36. The van der Waals surface area contributed by atoms with Gasteiger partial charge in [0.25, 0.3) is 0 Å². The maximum atomic E-state index is 12.9. The summed E-state index contributed by atoms with van der Waals surface area (Å²) >= 11 is 0. The lowest BCUT2D eigenvalue weighted by Crippen LogP contribution is -2.51. The largest absolute Gasteiger partial charge is 0.480 e. The molecule has 6 nitrogen and oxygen atoms in total. The molecular weight excluding hydrogens is 292 g/mol. The van der Waals surface area contributed by atoms with Gasteiger partial charge in [0.2, 0.25) is 0 Å². The van der Waals surface area contributed by atoms with Gasteiger partial charge in [0.05, 0.1) is 5.69 Å². The molecule has 7 heteroatoms. The van der Waals surface area contributed by atoms with Crippen LogP contribution in [0.2, 0.25) is 0 Å². The SMILES string of the molecule is O=C(O)C1Cc2ccccc2N1S(=O)(=O)N1CCCCC1. The summed E-state index contributed by atoms with van der Waals surface area (Å²) in [6.07, 6.45) is 2.89. The van der Waals surface area contributed by atoms with Crippen molar-refractivity contribution in [1.82, 2.24) is 4.31 Å². The van der Waals surface area contributed by atoms with E-state index >= 15 is 0 Å². The van der Waals surface area contributed by atoms with Crippen molar-refractivity contribution in [1.29, 1.82) is 0 Å². The van der Waals surface area contributed by atoms with E-state index in [-0.39, 0.29) is 6.42 Å². The van der Waals surface area contributed by atoms with Crippen LogP contribution in [0.3, 0.4) is 0 Å². The van der Waals surface area contributed by atoms with Crippen LogP contribution in [0.5, 0.6) is 0 Å². The zero-order valence-electron chi connectivity index (χ0n) is 11.6. The van der Waals surface area contributed by atoms with E-state index in [9.17, 15) is 18.3 Å². The summed E-state index contributed by atoms with van der Waals surface area (Å²) < 4.78 is 28.2. The van der Waals surface area contributed by atoms with Gasteiger partial charge in [-0.15, -0.1) is 0 Å². The van der Waals surface area contributed by atoms with Crippen molar-refractivity contribution in [2.45, 2.75) is 31.7 Å². The van der Waals surface area contributed by atoms with E-state index in [4.69, 9.17) is 0 Å². The molecule has 0 radical (unpaired) electrons. The number of carboxylic acid groups (broad SMARTS) is 1. The standard InChI is InChI=1S/C14H18N2O4S/c17-14(18)13-10-11-6-2-3-7-12(11)16(13)21(19,20)15-8-4-1-5-9-15/h2-3,6-7,13H,1,4-5,8-10H2,(H,17,18). The molecule has 1 unspecified atom stereocenters. The number of benzene rings is 1. The van der Waals surface area contributed by atoms with Gasteiger partial charge in [-0.25, -0.2) is 9.10 Å². The summed E-state index contributed by atoms with van der Waals surface area (Å²) in [5.74, 6) is -1.10. The van der Waals surface area contributed by atoms with Gasteiger partial charge in [0.15, 0.2) is 0 Å². The maximum absolute atomic E-state index is 12.9. The highest BCUT2D eigenvalue weighted by atomic mass is 32.2. The minimum atomic E-state index is -3.78. The van der Waals surface area contributed by atoms with Gasteiger partial charge in [0.1, 0.15) is 6.04 Å². The van der Waals surface area contributed by atoms with Crippen LogP contribution in [0, 0.1) is 0 Å². The molecule has 1 saturated heterocycles. The van der Waals surface area contributed by atoms with Crippen LogP contribution in [0.25, 0.3) is 0 Å². The number of carboxylic acids is 1. The summed E-state index contributed by atoms with van der Waals surface area (Å²) in [7, 11) is -3.78. The number of hydrogen-bond acceptors (Lipinski definition) is 3. The number of carbonyl (C=O) groups is 1. The molecule has 2 aliphatic heterocycles. The lowest BCUT2D eigenvalue weighted by molar-refractivity contribution is -0.138. The fraction of sp³-hybridized carbons (Fsp3) is 0.500. The molecule has 1 N–H and O–H groups in total. The molecule has 3 rings (SSSR count). The Hall–Kier alpha value is -1.60. The molecule has 0 bridgehead atoms. The van der Waals surface area contributed by atoms with Crippen molar-refractivity contribution >= 4 is 21.9 Å². The van der Waals surface area contributed by atoms with E-state index in [0.717, 1.165) is 29.1 Å². The Kier molecular flexibility index (Phi) is 3.62. The summed E-state index contributed by atoms with van der Waals surface area (Å²) in [5.41, 5.74) is 1.26. The predicted octanol–water partition coefficient (Wildman–Crippen LogP) is 1.23. The van der Waals surface area contributed by atoms with Crippen LogP contribution in [0.15, 0.2) is 24.3 Å². The normalized spacial score (nSPS) is 23.0. The molecule has 1 aromatic carbocycles. The molecule has 2 heterocycles. The third-order valence-corrected chi connectivity index (χ3v) is 6.07. The molecule has 0 amide bonds. The Balaban J connectivity index is 2.02. The first kappa shape index (κ1) is 14.3. The molecule has 0 aromatic heterocycles. The Morgan fingerprint density at radius 2 is 1.81 bits per heavy atom. The van der Waals surface area contributed by atoms with Crippen molar-refractivity contribution < 1.29 is 18.3 Å². The second-order valence-electron chi connectivity index (χ2n) is 5.45.